The van der Waals surface area contributed by atoms with Gasteiger partial charge in [0.25, 0.3) is 5.92 Å². The van der Waals surface area contributed by atoms with Gasteiger partial charge in [-0.15, -0.1) is 0 Å². The Hall–Kier alpha value is -3.02. The summed E-state index contributed by atoms with van der Waals surface area (Å²) in [7, 11) is 0. The van der Waals surface area contributed by atoms with Crippen molar-refractivity contribution in [3.63, 3.8) is 0 Å². The maximum Gasteiger partial charge on any atom is 0.470 e. The van der Waals surface area contributed by atoms with Crippen molar-refractivity contribution in [2.45, 2.75) is 103 Å². The van der Waals surface area contributed by atoms with Crippen molar-refractivity contribution in [1.29, 1.82) is 5.26 Å². The quantitative estimate of drug-likeness (QED) is 0.284. The van der Waals surface area contributed by atoms with E-state index in [2.05, 4.69) is 30.2 Å². The van der Waals surface area contributed by atoms with Gasteiger partial charge in [0.15, 0.2) is 0 Å². The first-order valence-electron chi connectivity index (χ1n) is 13.7. The summed E-state index contributed by atoms with van der Waals surface area (Å²) in [4.78, 5) is 44.9. The first-order chi connectivity index (χ1) is 19.1. The molecule has 2 aliphatic carbocycles. The minimum Gasteiger partial charge on any atom is -0.374 e. The lowest BCUT2D eigenvalue weighted by Gasteiger charge is -2.36. The molecule has 10 nitrogen and oxygen atoms in total. The lowest BCUT2D eigenvalue weighted by Crippen LogP contribution is -2.43. The number of fused-ring (bicyclic) bond motifs is 1. The number of alkyl halides is 5. The van der Waals surface area contributed by atoms with Crippen LogP contribution in [0.2, 0.25) is 0 Å². The summed E-state index contributed by atoms with van der Waals surface area (Å²) in [6, 6.07) is 1.38. The Kier molecular flexibility index (Phi) is 11.0. The average molecular weight is 610 g/mol. The zero-order valence-corrected chi connectivity index (χ0v) is 24.4. The first-order valence-corrected chi connectivity index (χ1v) is 13.7. The number of piperidine rings is 1. The maximum atomic E-state index is 12.7. The fourth-order valence-corrected chi connectivity index (χ4v) is 5.70. The van der Waals surface area contributed by atoms with E-state index in [1.54, 1.807) is 6.92 Å². The van der Waals surface area contributed by atoms with E-state index in [-0.39, 0.29) is 48.3 Å². The molecule has 4 N–H and O–H groups in total. The third-order valence-corrected chi connectivity index (χ3v) is 8.23. The molecule has 4 amide bonds. The molecule has 2 aliphatic heterocycles. The number of amides is 4. The summed E-state index contributed by atoms with van der Waals surface area (Å²) in [5.41, 5.74) is 4.00. The van der Waals surface area contributed by atoms with E-state index in [1.807, 2.05) is 24.8 Å². The molecule has 4 aliphatic rings. The van der Waals surface area contributed by atoms with Crippen LogP contribution in [0.25, 0.3) is 0 Å². The second kappa shape index (κ2) is 13.1. The van der Waals surface area contributed by atoms with E-state index in [1.165, 1.54) is 0 Å². The molecule has 4 fully saturated rings. The Morgan fingerprint density at radius 3 is 2.10 bits per heavy atom. The summed E-state index contributed by atoms with van der Waals surface area (Å²) in [6.45, 7) is 11.9. The lowest BCUT2D eigenvalue weighted by atomic mass is 9.91. The molecular formula is C27H40F5N5O5. The van der Waals surface area contributed by atoms with Crippen LogP contribution in [0, 0.1) is 34.5 Å². The monoisotopic (exact) mass is 609 g/mol. The van der Waals surface area contributed by atoms with Crippen molar-refractivity contribution in [2.24, 2.45) is 28.9 Å². The molecule has 0 aromatic carbocycles. The normalized spacial score (nSPS) is 27.7. The molecule has 0 aromatic heterocycles. The molecule has 0 bridgehead atoms. The molecular weight excluding hydrogens is 569 g/mol. The Bertz CT molecular complexity index is 1040. The number of carbonyl (C=O) groups is 4. The van der Waals surface area contributed by atoms with Crippen LogP contribution >= 0.6 is 0 Å². The largest absolute Gasteiger partial charge is 0.470 e. The van der Waals surface area contributed by atoms with E-state index < -0.39 is 24.0 Å². The van der Waals surface area contributed by atoms with Crippen molar-refractivity contribution < 1.29 is 45.9 Å². The van der Waals surface area contributed by atoms with Gasteiger partial charge in [-0.05, 0) is 50.9 Å². The van der Waals surface area contributed by atoms with Crippen LogP contribution in [0.1, 0.15) is 66.7 Å². The smallest absolute Gasteiger partial charge is 0.374 e. The van der Waals surface area contributed by atoms with Gasteiger partial charge in [-0.1, -0.05) is 13.8 Å². The SMILES string of the molecule is CC1(C)CC(CC(C#N)NC=O)C(=O)N1.C[C@H](CC(=O)N1CC2C(C1)C2(C)C)OC1CC(F)(F)C1.NC(=O)C(F)(F)F. The maximum absolute atomic E-state index is 12.7. The molecule has 42 heavy (non-hydrogen) atoms. The van der Waals surface area contributed by atoms with E-state index in [4.69, 9.17) is 14.8 Å². The van der Waals surface area contributed by atoms with Crippen LogP contribution in [-0.4, -0.2) is 78.0 Å². The number of likely N-dealkylation sites (tertiary alicyclic amines) is 1. The standard InChI is InChI=1S/C15H23F2NO2.C10H15N3O2.C2H2F3NO/c1-9(20-10-5-15(16,17)6-10)4-13(19)18-7-11-12(8-18)14(11,2)3;1-10(2)4-7(9(15)13-10)3-8(5-11)12-6-14;3-2(4,5)1(6)7/h9-12H,4-8H2,1-3H3;6-8H,3-4H2,1-2H3,(H,12,14)(H,13,15);(H2,6,7)/t9-,11?,12?;;/m1../s1. The van der Waals surface area contributed by atoms with Gasteiger partial charge in [-0.2, -0.15) is 18.4 Å². The third-order valence-electron chi connectivity index (χ3n) is 8.23. The number of nitrogens with one attached hydrogen (secondary N) is 2. The van der Waals surface area contributed by atoms with Crippen molar-refractivity contribution >= 4 is 24.1 Å². The number of halogens is 5. The molecule has 2 saturated carbocycles. The van der Waals surface area contributed by atoms with Gasteiger partial charge in [0.05, 0.1) is 24.7 Å². The summed E-state index contributed by atoms with van der Waals surface area (Å²) >= 11 is 0. The van der Waals surface area contributed by atoms with E-state index >= 15 is 0 Å². The number of primary amides is 1. The Morgan fingerprint density at radius 2 is 1.71 bits per heavy atom. The van der Waals surface area contributed by atoms with Crippen molar-refractivity contribution in [3.05, 3.63) is 0 Å². The fourth-order valence-electron chi connectivity index (χ4n) is 5.70. The average Bonchev–Trinajstić information content (AvgIpc) is 3.14. The molecule has 4 rings (SSSR count). The Labute approximate surface area is 241 Å². The molecule has 0 spiro atoms. The van der Waals surface area contributed by atoms with Crippen LogP contribution in [0.3, 0.4) is 0 Å². The minimum atomic E-state index is -4.86. The number of rotatable bonds is 8. The zero-order valence-electron chi connectivity index (χ0n) is 24.4. The van der Waals surface area contributed by atoms with Crippen molar-refractivity contribution in [1.82, 2.24) is 15.5 Å². The van der Waals surface area contributed by atoms with Gasteiger partial charge in [-0.25, -0.2) is 8.78 Å². The van der Waals surface area contributed by atoms with E-state index in [0.29, 0.717) is 42.9 Å². The van der Waals surface area contributed by atoms with E-state index in [9.17, 15) is 36.3 Å². The topological polar surface area (TPSA) is 155 Å². The van der Waals surface area contributed by atoms with Gasteiger partial charge in [0, 0.05) is 37.4 Å². The van der Waals surface area contributed by atoms with Gasteiger partial charge in [0.2, 0.25) is 18.2 Å². The number of hydrogen-bond acceptors (Lipinski definition) is 6. The highest BCUT2D eigenvalue weighted by molar-refractivity contribution is 5.82. The molecule has 2 heterocycles. The number of nitriles is 1. The van der Waals surface area contributed by atoms with Crippen molar-refractivity contribution in [3.8, 4) is 6.07 Å². The van der Waals surface area contributed by atoms with Crippen LogP contribution < -0.4 is 16.4 Å². The predicted molar refractivity (Wildman–Crippen MR) is 139 cm³/mol. The fraction of sp³-hybridized carbons (Fsp3) is 0.815. The van der Waals surface area contributed by atoms with Crippen LogP contribution in [0.15, 0.2) is 0 Å². The molecule has 15 heteroatoms. The highest BCUT2D eigenvalue weighted by atomic mass is 19.4. The van der Waals surface area contributed by atoms with Crippen LogP contribution in [0.4, 0.5) is 22.0 Å². The zero-order chi connectivity index (χ0) is 32.3. The lowest BCUT2D eigenvalue weighted by molar-refractivity contribution is -0.181. The highest BCUT2D eigenvalue weighted by Gasteiger charge is 2.62. The predicted octanol–water partition coefficient (Wildman–Crippen LogP) is 2.66. The summed E-state index contributed by atoms with van der Waals surface area (Å²) in [6.07, 6.45) is -4.03. The third kappa shape index (κ3) is 9.78. The molecule has 0 aromatic rings. The summed E-state index contributed by atoms with van der Waals surface area (Å²) < 4.78 is 63.0. The Morgan fingerprint density at radius 1 is 1.19 bits per heavy atom. The van der Waals surface area contributed by atoms with Gasteiger partial charge < -0.3 is 26.0 Å². The van der Waals surface area contributed by atoms with Crippen LogP contribution in [-0.2, 0) is 23.9 Å². The highest BCUT2D eigenvalue weighted by Crippen LogP contribution is 2.62. The molecule has 0 radical (unpaired) electrons. The second-order valence-corrected chi connectivity index (χ2v) is 12.7. The molecule has 4 unspecified atom stereocenters. The van der Waals surface area contributed by atoms with Crippen LogP contribution in [0.5, 0.6) is 0 Å². The second-order valence-electron chi connectivity index (χ2n) is 12.7. The Balaban J connectivity index is 0.000000248. The number of carbonyl (C=O) groups excluding carboxylic acids is 4. The van der Waals surface area contributed by atoms with E-state index in [0.717, 1.165) is 13.1 Å². The first kappa shape index (κ1) is 35.2. The van der Waals surface area contributed by atoms with Crippen molar-refractivity contribution in [2.75, 3.05) is 13.1 Å². The number of nitrogens with zero attached hydrogens (tertiary/aromatic N) is 2. The van der Waals surface area contributed by atoms with Gasteiger partial charge >= 0.3 is 12.1 Å². The summed E-state index contributed by atoms with van der Waals surface area (Å²) in [5, 5.41) is 14.0. The molecule has 5 atom stereocenters. The number of ether oxygens (including phenoxy) is 1. The number of hydrogen-bond donors (Lipinski definition) is 3. The van der Waals surface area contributed by atoms with Gasteiger partial charge in [0.1, 0.15) is 6.04 Å². The molecule has 238 valence electrons. The minimum absolute atomic E-state index is 0.0343. The van der Waals surface area contributed by atoms with Gasteiger partial charge in [-0.3, -0.25) is 19.2 Å². The molecule has 2 saturated heterocycles. The number of nitrogens with two attached hydrogens (primary N) is 1. The summed E-state index contributed by atoms with van der Waals surface area (Å²) in [5.74, 6) is -3.64.